The first-order chi connectivity index (χ1) is 39.8. The molecule has 0 saturated carbocycles. The molecule has 7 aromatic rings. The Bertz CT molecular complexity index is 3580. The van der Waals surface area contributed by atoms with Crippen LogP contribution in [-0.2, 0) is 9.59 Å². The molecule has 7 aromatic heterocycles. The number of carbonyl (C=O) groups is 6. The van der Waals surface area contributed by atoms with Crippen LogP contribution < -0.4 is 31.9 Å². The topological polar surface area (TPSA) is 312 Å². The van der Waals surface area contributed by atoms with Crippen molar-refractivity contribution in [3.63, 3.8) is 0 Å². The standard InChI is InChI=1S/C54H61N15O8S6/c1-9-30(43(72)55-13-14-68-15-17-69(18-16-68)26(5)6)57-44(73)34-21-80-52(62-34)38-24-81-51(64-38)32-12-11-29-42(56-32)33-19-82-54(59-33)41(28(8)71)67-47(76)37-23-83-53(63-37)39(25(3)4)65-45(74)36-22-79-50(61-36)31(10-2)58-48(77)40(27(7)70)66-46(75)35-20-78-49(29)60-35/h9-12,19-28,39-41,70-71H,13-18H2,1-8H3,(H,55,72)(H,57,73)(H,58,77)(H,65,74)(H,66,75)(H,67,76)/b30-9-,31-10-/t27-,28-,39+,40+,41+/m1/s1. The number of amides is 6. The van der Waals surface area contributed by atoms with Gasteiger partial charge in [0.2, 0.25) is 5.91 Å². The Labute approximate surface area is 501 Å². The molecule has 9 heterocycles. The minimum absolute atomic E-state index is 0.0597. The third-order valence-corrected chi connectivity index (χ3v) is 18.8. The van der Waals surface area contributed by atoms with Crippen molar-refractivity contribution in [2.45, 2.75) is 91.8 Å². The largest absolute Gasteiger partial charge is 0.391 e. The highest BCUT2D eigenvalue weighted by atomic mass is 32.1. The molecular formula is C54H61N15O8S6. The fourth-order valence-corrected chi connectivity index (χ4v) is 14.0. The minimum Gasteiger partial charge on any atom is -0.391 e. The van der Waals surface area contributed by atoms with E-state index in [0.29, 0.717) is 77.5 Å². The summed E-state index contributed by atoms with van der Waals surface area (Å²) in [6, 6.07) is 0.917. The van der Waals surface area contributed by atoms with Crippen molar-refractivity contribution < 1.29 is 39.0 Å². The van der Waals surface area contributed by atoms with Gasteiger partial charge in [-0.3, -0.25) is 38.6 Å². The summed E-state index contributed by atoms with van der Waals surface area (Å²) in [5.74, 6) is -3.73. The number of rotatable bonds is 12. The van der Waals surface area contributed by atoms with E-state index in [9.17, 15) is 39.0 Å². The van der Waals surface area contributed by atoms with Gasteiger partial charge >= 0.3 is 0 Å². The molecule has 8 bridgehead atoms. The maximum absolute atomic E-state index is 14.0. The van der Waals surface area contributed by atoms with Gasteiger partial charge in [-0.05, 0) is 59.6 Å². The predicted molar refractivity (Wildman–Crippen MR) is 322 cm³/mol. The summed E-state index contributed by atoms with van der Waals surface area (Å²) < 4.78 is 0. The molecule has 0 spiro atoms. The van der Waals surface area contributed by atoms with Gasteiger partial charge in [-0.25, -0.2) is 34.9 Å². The highest BCUT2D eigenvalue weighted by molar-refractivity contribution is 7.15. The van der Waals surface area contributed by atoms with Gasteiger partial charge in [-0.1, -0.05) is 26.0 Å². The number of nitrogens with zero attached hydrogens (tertiary/aromatic N) is 9. The zero-order valence-corrected chi connectivity index (χ0v) is 51.3. The molecule has 2 aliphatic rings. The van der Waals surface area contributed by atoms with Crippen molar-refractivity contribution in [2.75, 3.05) is 39.3 Å². The molecule has 5 atom stereocenters. The SMILES string of the molecule is C/C=C(\NC(=O)c1csc(-c2csc(-c3ccc4c(n3)-c3csc(n3)[C@H]([C@@H](C)O)NC(=O)c3csc(n3)[C@H](C(C)C)NC(=O)c3csc(n3)/C(=C/C)NC(=O)[C@H]([C@@H](C)O)NC(=O)c3csc-4n3)n2)n1)C(=O)NCCN1CCN(C(C)C)CC1. The number of fused-ring (bicyclic) bond motifs is 11. The average molecular weight is 1240 g/mol. The van der Waals surface area contributed by atoms with Gasteiger partial charge < -0.3 is 42.1 Å². The summed E-state index contributed by atoms with van der Waals surface area (Å²) in [6.07, 6.45) is 0.645. The van der Waals surface area contributed by atoms with Gasteiger partial charge in [0, 0.05) is 83.2 Å². The number of hydrogen-bond acceptors (Lipinski definition) is 23. The first-order valence-corrected chi connectivity index (χ1v) is 31.8. The molecule has 0 aliphatic carbocycles. The lowest BCUT2D eigenvalue weighted by molar-refractivity contribution is -0.124. The smallest absolute Gasteiger partial charge is 0.275 e. The van der Waals surface area contributed by atoms with E-state index >= 15 is 0 Å². The fraction of sp³-hybridized carbons (Fsp3) is 0.389. The van der Waals surface area contributed by atoms with Crippen LogP contribution in [0.15, 0.2) is 62.3 Å². The van der Waals surface area contributed by atoms with Crippen molar-refractivity contribution in [3.8, 4) is 43.4 Å². The van der Waals surface area contributed by atoms with Crippen LogP contribution in [0.5, 0.6) is 0 Å². The van der Waals surface area contributed by atoms with Gasteiger partial charge in [0.1, 0.15) is 87.7 Å². The second-order valence-corrected chi connectivity index (χ2v) is 25.3. The second kappa shape index (κ2) is 26.8. The molecule has 23 nitrogen and oxygen atoms in total. The van der Waals surface area contributed by atoms with E-state index < -0.39 is 65.8 Å². The zero-order valence-electron chi connectivity index (χ0n) is 46.4. The molecule has 29 heteroatoms. The number of hydrogen-bond donors (Lipinski definition) is 8. The van der Waals surface area contributed by atoms with Crippen molar-refractivity contribution in [2.24, 2.45) is 5.92 Å². The molecule has 1 fully saturated rings. The Balaban J connectivity index is 0.989. The van der Waals surface area contributed by atoms with Crippen LogP contribution in [0, 0.1) is 5.92 Å². The number of nitrogens with one attached hydrogen (secondary N) is 6. The summed E-state index contributed by atoms with van der Waals surface area (Å²) in [5.41, 5.74) is 2.55. The van der Waals surface area contributed by atoms with E-state index in [-0.39, 0.29) is 40.1 Å². The maximum atomic E-state index is 14.0. The maximum Gasteiger partial charge on any atom is 0.275 e. The number of carbonyl (C=O) groups excluding carboxylic acids is 6. The molecule has 83 heavy (non-hydrogen) atoms. The van der Waals surface area contributed by atoms with Crippen LogP contribution in [0.3, 0.4) is 0 Å². The number of aliphatic hydroxyl groups is 2. The normalized spacial score (nSPS) is 19.2. The quantitative estimate of drug-likeness (QED) is 0.0630. The first kappa shape index (κ1) is 60.7. The lowest BCUT2D eigenvalue weighted by atomic mass is 10.1. The van der Waals surface area contributed by atoms with Crippen LogP contribution in [0.4, 0.5) is 0 Å². The van der Waals surface area contributed by atoms with Crippen molar-refractivity contribution in [1.82, 2.24) is 76.6 Å². The molecule has 0 radical (unpaired) electrons. The lowest BCUT2D eigenvalue weighted by Crippen LogP contribution is -2.52. The number of pyridine rings is 1. The number of allylic oxidation sites excluding steroid dienone is 2. The van der Waals surface area contributed by atoms with Crippen molar-refractivity contribution in [1.29, 1.82) is 0 Å². The Morgan fingerprint density at radius 1 is 0.627 bits per heavy atom. The third-order valence-electron chi connectivity index (χ3n) is 13.5. The molecule has 2 aliphatic heterocycles. The molecule has 1 saturated heterocycles. The number of thiazole rings is 6. The molecule has 436 valence electrons. The average Bonchev–Trinajstić information content (AvgIpc) is 4.42. The molecule has 8 N–H and O–H groups in total. The zero-order chi connectivity index (χ0) is 59.2. The predicted octanol–water partition coefficient (Wildman–Crippen LogP) is 6.21. The van der Waals surface area contributed by atoms with Crippen LogP contribution in [0.2, 0.25) is 0 Å². The van der Waals surface area contributed by atoms with Gasteiger partial charge in [-0.15, -0.1) is 68.0 Å². The van der Waals surface area contributed by atoms with Crippen LogP contribution in [0.1, 0.15) is 124 Å². The Morgan fingerprint density at radius 2 is 1.17 bits per heavy atom. The van der Waals surface area contributed by atoms with Gasteiger partial charge in [0.25, 0.3) is 29.5 Å². The summed E-state index contributed by atoms with van der Waals surface area (Å²) in [7, 11) is 0. The molecule has 0 aromatic carbocycles. The summed E-state index contributed by atoms with van der Waals surface area (Å²) in [4.78, 5) is 120. The van der Waals surface area contributed by atoms with E-state index in [1.807, 2.05) is 13.8 Å². The highest BCUT2D eigenvalue weighted by Crippen LogP contribution is 2.38. The Kier molecular flexibility index (Phi) is 19.6. The molecule has 6 amide bonds. The number of aromatic nitrogens is 7. The number of piperazine rings is 1. The van der Waals surface area contributed by atoms with Crippen molar-refractivity contribution in [3.05, 3.63) is 100 Å². The van der Waals surface area contributed by atoms with E-state index in [2.05, 4.69) is 75.5 Å². The monoisotopic (exact) mass is 1240 g/mol. The minimum atomic E-state index is -1.44. The van der Waals surface area contributed by atoms with Crippen LogP contribution in [0.25, 0.3) is 49.1 Å². The molecular weight excluding hydrogens is 1180 g/mol. The molecule has 9 rings (SSSR count). The fourth-order valence-electron chi connectivity index (χ4n) is 8.79. The van der Waals surface area contributed by atoms with E-state index in [4.69, 9.17) is 15.0 Å². The summed E-state index contributed by atoms with van der Waals surface area (Å²) >= 11 is 7.08. The van der Waals surface area contributed by atoms with Gasteiger partial charge in [0.15, 0.2) is 0 Å². The van der Waals surface area contributed by atoms with E-state index in [1.165, 1.54) is 70.0 Å². The van der Waals surface area contributed by atoms with E-state index in [0.717, 1.165) is 48.9 Å². The Hall–Kier alpha value is -6.93. The third kappa shape index (κ3) is 14.2. The summed E-state index contributed by atoms with van der Waals surface area (Å²) in [6.45, 7) is 19.3. The highest BCUT2D eigenvalue weighted by Gasteiger charge is 2.32. The number of aliphatic hydroxyl groups excluding tert-OH is 2. The van der Waals surface area contributed by atoms with Crippen molar-refractivity contribution >= 4 is 109 Å². The van der Waals surface area contributed by atoms with Gasteiger partial charge in [0.05, 0.1) is 29.6 Å². The Morgan fingerprint density at radius 3 is 1.82 bits per heavy atom. The van der Waals surface area contributed by atoms with Gasteiger partial charge in [-0.2, -0.15) is 0 Å². The molecule has 0 unspecified atom stereocenters. The van der Waals surface area contributed by atoms with E-state index in [1.54, 1.807) is 59.7 Å². The van der Waals surface area contributed by atoms with Crippen LogP contribution in [-0.4, -0.2) is 154 Å². The second-order valence-electron chi connectivity index (χ2n) is 20.0. The lowest BCUT2D eigenvalue weighted by Gasteiger charge is -2.36. The van der Waals surface area contributed by atoms with Crippen LogP contribution >= 0.6 is 68.0 Å². The summed E-state index contributed by atoms with van der Waals surface area (Å²) in [5, 5.41) is 50.9. The first-order valence-electron chi connectivity index (χ1n) is 26.5.